The van der Waals surface area contributed by atoms with Gasteiger partial charge >= 0.3 is 0 Å². The summed E-state index contributed by atoms with van der Waals surface area (Å²) in [6.45, 7) is 9.30. The van der Waals surface area contributed by atoms with Gasteiger partial charge in [0.15, 0.2) is 0 Å². The van der Waals surface area contributed by atoms with Gasteiger partial charge in [-0.05, 0) is 66.9 Å². The number of nitrogens with zero attached hydrogens (tertiary/aromatic N) is 2. The Labute approximate surface area is 201 Å². The SMILES string of the molecule is COc1ccc2c(c1)OCC(c1ccc(O)cc1)=C2c1ccc(N2CCN(C(C)C)CC2)cc1. The Kier molecular flexibility index (Phi) is 6.20. The van der Waals surface area contributed by atoms with E-state index < -0.39 is 0 Å². The van der Waals surface area contributed by atoms with Crippen molar-refractivity contribution in [3.63, 3.8) is 0 Å². The molecule has 0 unspecified atom stereocenters. The lowest BCUT2D eigenvalue weighted by atomic mass is 9.87. The monoisotopic (exact) mass is 456 g/mol. The van der Waals surface area contributed by atoms with Crippen LogP contribution >= 0.6 is 0 Å². The highest BCUT2D eigenvalue weighted by molar-refractivity contribution is 6.02. The van der Waals surface area contributed by atoms with Crippen LogP contribution in [0.3, 0.4) is 0 Å². The quantitative estimate of drug-likeness (QED) is 0.566. The second-order valence-corrected chi connectivity index (χ2v) is 9.21. The number of phenols is 1. The Morgan fingerprint density at radius 3 is 2.18 bits per heavy atom. The molecule has 1 N–H and O–H groups in total. The van der Waals surface area contributed by atoms with Gasteiger partial charge in [0.25, 0.3) is 0 Å². The zero-order valence-corrected chi connectivity index (χ0v) is 20.1. The first-order chi connectivity index (χ1) is 16.5. The van der Waals surface area contributed by atoms with Crippen molar-refractivity contribution >= 4 is 16.8 Å². The predicted molar refractivity (Wildman–Crippen MR) is 138 cm³/mol. The summed E-state index contributed by atoms with van der Waals surface area (Å²) in [4.78, 5) is 5.01. The first-order valence-electron chi connectivity index (χ1n) is 12.0. The lowest BCUT2D eigenvalue weighted by Gasteiger charge is -2.38. The number of methoxy groups -OCH3 is 1. The van der Waals surface area contributed by atoms with Crippen molar-refractivity contribution in [2.75, 3.05) is 44.8 Å². The van der Waals surface area contributed by atoms with E-state index in [1.807, 2.05) is 24.3 Å². The van der Waals surface area contributed by atoms with Crippen LogP contribution in [0.4, 0.5) is 5.69 Å². The third kappa shape index (κ3) is 4.36. The van der Waals surface area contributed by atoms with Crippen molar-refractivity contribution in [1.29, 1.82) is 0 Å². The van der Waals surface area contributed by atoms with Gasteiger partial charge in [-0.1, -0.05) is 24.3 Å². The molecule has 34 heavy (non-hydrogen) atoms. The second-order valence-electron chi connectivity index (χ2n) is 9.21. The molecular formula is C29H32N2O3. The van der Waals surface area contributed by atoms with Crippen LogP contribution in [0.25, 0.3) is 11.1 Å². The zero-order chi connectivity index (χ0) is 23.7. The van der Waals surface area contributed by atoms with Gasteiger partial charge in [-0.15, -0.1) is 0 Å². The van der Waals surface area contributed by atoms with Crippen LogP contribution in [-0.4, -0.2) is 55.9 Å². The molecule has 5 rings (SSSR count). The summed E-state index contributed by atoms with van der Waals surface area (Å²) in [6, 6.07) is 22.9. The van der Waals surface area contributed by atoms with E-state index in [4.69, 9.17) is 9.47 Å². The Morgan fingerprint density at radius 2 is 1.53 bits per heavy atom. The molecule has 0 aromatic heterocycles. The summed E-state index contributed by atoms with van der Waals surface area (Å²) < 4.78 is 11.6. The molecular weight excluding hydrogens is 424 g/mol. The highest BCUT2D eigenvalue weighted by Crippen LogP contribution is 2.43. The molecule has 0 amide bonds. The van der Waals surface area contributed by atoms with E-state index in [9.17, 15) is 5.11 Å². The Hall–Kier alpha value is -3.44. The van der Waals surface area contributed by atoms with Gasteiger partial charge in [0, 0.05) is 55.1 Å². The predicted octanol–water partition coefficient (Wildman–Crippen LogP) is 5.28. The molecule has 0 atom stereocenters. The maximum Gasteiger partial charge on any atom is 0.131 e. The highest BCUT2D eigenvalue weighted by Gasteiger charge is 2.24. The van der Waals surface area contributed by atoms with Gasteiger partial charge in [-0.2, -0.15) is 0 Å². The summed E-state index contributed by atoms with van der Waals surface area (Å²) in [7, 11) is 1.67. The van der Waals surface area contributed by atoms with Crippen molar-refractivity contribution in [1.82, 2.24) is 4.90 Å². The highest BCUT2D eigenvalue weighted by atomic mass is 16.5. The number of phenolic OH excluding ortho intramolecular Hbond substituents is 1. The molecule has 2 aliphatic heterocycles. The second kappa shape index (κ2) is 9.43. The van der Waals surface area contributed by atoms with E-state index >= 15 is 0 Å². The number of hydrogen-bond acceptors (Lipinski definition) is 5. The number of anilines is 1. The molecule has 0 bridgehead atoms. The van der Waals surface area contributed by atoms with E-state index in [2.05, 4.69) is 54.0 Å². The summed E-state index contributed by atoms with van der Waals surface area (Å²) in [6.07, 6.45) is 0. The van der Waals surface area contributed by atoms with Crippen molar-refractivity contribution in [3.05, 3.63) is 83.4 Å². The molecule has 0 aliphatic carbocycles. The third-order valence-electron chi connectivity index (χ3n) is 6.91. The van der Waals surface area contributed by atoms with Gasteiger partial charge in [-0.25, -0.2) is 0 Å². The molecule has 5 heteroatoms. The molecule has 3 aromatic rings. The standard InChI is InChI=1S/C29H32N2O3/c1-20(2)30-14-16-31(17-15-30)23-8-4-22(5-9-23)29-26-13-12-25(33-3)18-28(26)34-19-27(29)21-6-10-24(32)11-7-21/h4-13,18,20,32H,14-17,19H2,1-3H3. The van der Waals surface area contributed by atoms with Crippen LogP contribution in [0.2, 0.25) is 0 Å². The minimum Gasteiger partial charge on any atom is -0.508 e. The fourth-order valence-electron chi connectivity index (χ4n) is 4.90. The average Bonchev–Trinajstić information content (AvgIpc) is 2.88. The van der Waals surface area contributed by atoms with Crippen molar-refractivity contribution in [3.8, 4) is 17.2 Å². The number of hydrogen-bond donors (Lipinski definition) is 1. The molecule has 2 heterocycles. The van der Waals surface area contributed by atoms with Crippen LogP contribution in [0, 0.1) is 0 Å². The number of aromatic hydroxyl groups is 1. The molecule has 1 saturated heterocycles. The molecule has 176 valence electrons. The van der Waals surface area contributed by atoms with Crippen LogP contribution in [0.1, 0.15) is 30.5 Å². The first kappa shape index (κ1) is 22.4. The number of benzene rings is 3. The van der Waals surface area contributed by atoms with Gasteiger partial charge < -0.3 is 19.5 Å². The van der Waals surface area contributed by atoms with E-state index in [1.165, 1.54) is 5.69 Å². The Morgan fingerprint density at radius 1 is 0.853 bits per heavy atom. The van der Waals surface area contributed by atoms with Crippen LogP contribution in [-0.2, 0) is 0 Å². The first-order valence-corrected chi connectivity index (χ1v) is 12.0. The van der Waals surface area contributed by atoms with Crippen LogP contribution in [0.15, 0.2) is 66.7 Å². The smallest absolute Gasteiger partial charge is 0.131 e. The van der Waals surface area contributed by atoms with Crippen molar-refractivity contribution in [2.24, 2.45) is 0 Å². The molecule has 0 radical (unpaired) electrons. The maximum absolute atomic E-state index is 9.79. The van der Waals surface area contributed by atoms with Crippen molar-refractivity contribution < 1.29 is 14.6 Å². The number of fused-ring (bicyclic) bond motifs is 1. The maximum atomic E-state index is 9.79. The van der Waals surface area contributed by atoms with E-state index in [-0.39, 0.29) is 5.75 Å². The molecule has 5 nitrogen and oxygen atoms in total. The van der Waals surface area contributed by atoms with Gasteiger partial charge in [-0.3, -0.25) is 4.90 Å². The average molecular weight is 457 g/mol. The molecule has 3 aromatic carbocycles. The van der Waals surface area contributed by atoms with Crippen molar-refractivity contribution in [2.45, 2.75) is 19.9 Å². The summed E-state index contributed by atoms with van der Waals surface area (Å²) in [5.74, 6) is 1.86. The number of piperazine rings is 1. The normalized spacial score (nSPS) is 16.4. The van der Waals surface area contributed by atoms with E-state index in [0.29, 0.717) is 12.6 Å². The van der Waals surface area contributed by atoms with E-state index in [1.54, 1.807) is 19.2 Å². The largest absolute Gasteiger partial charge is 0.508 e. The third-order valence-corrected chi connectivity index (χ3v) is 6.91. The molecule has 0 spiro atoms. The van der Waals surface area contributed by atoms with Crippen LogP contribution < -0.4 is 14.4 Å². The lowest BCUT2D eigenvalue weighted by Crippen LogP contribution is -2.48. The van der Waals surface area contributed by atoms with E-state index in [0.717, 1.165) is 65.5 Å². The summed E-state index contributed by atoms with van der Waals surface area (Å²) in [5, 5.41) is 9.79. The molecule has 1 fully saturated rings. The number of ether oxygens (including phenoxy) is 2. The van der Waals surface area contributed by atoms with Gasteiger partial charge in [0.05, 0.1) is 7.11 Å². The Balaban J connectivity index is 1.51. The topological polar surface area (TPSA) is 45.2 Å². The molecule has 0 saturated carbocycles. The number of rotatable bonds is 5. The molecule has 2 aliphatic rings. The lowest BCUT2D eigenvalue weighted by molar-refractivity contribution is 0.209. The fourth-order valence-corrected chi connectivity index (χ4v) is 4.90. The van der Waals surface area contributed by atoms with Gasteiger partial charge in [0.2, 0.25) is 0 Å². The minimum absolute atomic E-state index is 0.259. The van der Waals surface area contributed by atoms with Crippen LogP contribution in [0.5, 0.6) is 17.2 Å². The summed E-state index contributed by atoms with van der Waals surface area (Å²) >= 11 is 0. The Bertz CT molecular complexity index is 1180. The van der Waals surface area contributed by atoms with Gasteiger partial charge in [0.1, 0.15) is 23.9 Å². The summed E-state index contributed by atoms with van der Waals surface area (Å²) in [5.41, 5.74) is 6.78. The minimum atomic E-state index is 0.259. The zero-order valence-electron chi connectivity index (χ0n) is 20.1. The fraction of sp³-hybridized carbons (Fsp3) is 0.310.